The molecule has 2 aromatic carbocycles. The van der Waals surface area contributed by atoms with Gasteiger partial charge in [0, 0.05) is 27.0 Å². The first-order valence-electron chi connectivity index (χ1n) is 8.60. The number of aromatic nitrogens is 3. The average Bonchev–Trinajstić information content (AvgIpc) is 2.88. The smallest absolute Gasteiger partial charge is 0.335 e. The molecule has 0 radical (unpaired) electrons. The topological polar surface area (TPSA) is 97.2 Å². The lowest BCUT2D eigenvalue weighted by molar-refractivity contribution is 0.0696. The van der Waals surface area contributed by atoms with Crippen LogP contribution in [-0.4, -0.2) is 32.0 Å². The van der Waals surface area contributed by atoms with Gasteiger partial charge in [0.2, 0.25) is 11.0 Å². The highest BCUT2D eigenvalue weighted by Gasteiger charge is 2.26. The van der Waals surface area contributed by atoms with Crippen LogP contribution in [0.1, 0.15) is 22.1 Å². The van der Waals surface area contributed by atoms with Gasteiger partial charge in [-0.25, -0.2) is 4.79 Å². The molecule has 9 heteroatoms. The highest BCUT2D eigenvalue weighted by molar-refractivity contribution is 9.10. The Bertz CT molecular complexity index is 1090. The molecule has 0 saturated heterocycles. The molecule has 0 unspecified atom stereocenters. The van der Waals surface area contributed by atoms with E-state index in [1.165, 1.54) is 11.8 Å². The van der Waals surface area contributed by atoms with Crippen molar-refractivity contribution in [1.82, 2.24) is 15.2 Å². The average molecular weight is 471 g/mol. The Balaban J connectivity index is 1.78. The van der Waals surface area contributed by atoms with Gasteiger partial charge < -0.3 is 15.2 Å². The number of ether oxygens (including phenoxy) is 1. The Morgan fingerprint density at radius 3 is 2.79 bits per heavy atom. The van der Waals surface area contributed by atoms with Gasteiger partial charge in [-0.05, 0) is 30.3 Å². The van der Waals surface area contributed by atoms with Gasteiger partial charge >= 0.3 is 5.97 Å². The van der Waals surface area contributed by atoms with Gasteiger partial charge in [0.1, 0.15) is 0 Å². The van der Waals surface area contributed by atoms with E-state index in [1.807, 2.05) is 18.2 Å². The monoisotopic (exact) mass is 470 g/mol. The number of fused-ring (bicyclic) bond motifs is 3. The number of benzene rings is 2. The molecule has 1 aromatic heterocycles. The van der Waals surface area contributed by atoms with Crippen molar-refractivity contribution < 1.29 is 14.6 Å². The van der Waals surface area contributed by atoms with Crippen LogP contribution in [0.4, 0.5) is 5.69 Å². The molecule has 2 N–H and O–H groups in total. The van der Waals surface area contributed by atoms with Crippen molar-refractivity contribution in [3.05, 3.63) is 70.7 Å². The predicted molar refractivity (Wildman–Crippen MR) is 114 cm³/mol. The molecule has 3 aromatic rings. The number of rotatable bonds is 5. The number of anilines is 1. The maximum absolute atomic E-state index is 11.1. The highest BCUT2D eigenvalue weighted by Crippen LogP contribution is 2.40. The first-order chi connectivity index (χ1) is 14.0. The summed E-state index contributed by atoms with van der Waals surface area (Å²) in [6, 6.07) is 12.3. The number of nitrogens with zero attached hydrogens (tertiary/aromatic N) is 3. The quantitative estimate of drug-likeness (QED) is 0.406. The van der Waals surface area contributed by atoms with Crippen molar-refractivity contribution >= 4 is 39.3 Å². The van der Waals surface area contributed by atoms with Crippen LogP contribution in [0.2, 0.25) is 0 Å². The number of thioether (sulfide) groups is 1. The van der Waals surface area contributed by atoms with Crippen molar-refractivity contribution in [2.75, 3.05) is 11.1 Å². The maximum atomic E-state index is 11.1. The number of hydrogen-bond donors (Lipinski definition) is 2. The van der Waals surface area contributed by atoms with Crippen molar-refractivity contribution in [2.45, 2.75) is 11.4 Å². The van der Waals surface area contributed by atoms with E-state index in [0.29, 0.717) is 22.5 Å². The molecular weight excluding hydrogens is 456 g/mol. The lowest BCUT2D eigenvalue weighted by Gasteiger charge is -2.19. The van der Waals surface area contributed by atoms with E-state index in [0.717, 1.165) is 21.3 Å². The molecule has 1 atom stereocenters. The zero-order chi connectivity index (χ0) is 20.4. The number of aromatic carboxylic acids is 1. The van der Waals surface area contributed by atoms with E-state index in [-0.39, 0.29) is 5.56 Å². The summed E-state index contributed by atoms with van der Waals surface area (Å²) in [4.78, 5) is 15.7. The summed E-state index contributed by atoms with van der Waals surface area (Å²) >= 11 is 4.90. The fraction of sp³-hybridized carbons (Fsp3) is 0.100. The van der Waals surface area contributed by atoms with Crippen molar-refractivity contribution in [1.29, 1.82) is 0 Å². The molecule has 7 nitrogen and oxygen atoms in total. The summed E-state index contributed by atoms with van der Waals surface area (Å²) in [6.45, 7) is 3.70. The van der Waals surface area contributed by atoms with Crippen LogP contribution in [0.5, 0.6) is 5.88 Å². The van der Waals surface area contributed by atoms with Gasteiger partial charge in [0.25, 0.3) is 0 Å². The van der Waals surface area contributed by atoms with Crippen molar-refractivity contribution in [3.63, 3.8) is 0 Å². The fourth-order valence-corrected chi connectivity index (χ4v) is 3.69. The molecule has 29 heavy (non-hydrogen) atoms. The lowest BCUT2D eigenvalue weighted by atomic mass is 10.1. The molecule has 0 spiro atoms. The summed E-state index contributed by atoms with van der Waals surface area (Å²) in [5.41, 5.74) is 3.11. The van der Waals surface area contributed by atoms with Crippen molar-refractivity contribution in [3.8, 4) is 17.1 Å². The molecule has 0 saturated carbocycles. The molecule has 146 valence electrons. The molecule has 0 fully saturated rings. The van der Waals surface area contributed by atoms with E-state index in [4.69, 9.17) is 9.84 Å². The number of halogens is 1. The Morgan fingerprint density at radius 2 is 2.07 bits per heavy atom. The zero-order valence-electron chi connectivity index (χ0n) is 15.0. The molecule has 0 aliphatic carbocycles. The van der Waals surface area contributed by atoms with Crippen molar-refractivity contribution in [2.24, 2.45) is 0 Å². The number of nitrogens with one attached hydrogen (secondary N) is 1. The molecule has 1 aliphatic heterocycles. The summed E-state index contributed by atoms with van der Waals surface area (Å²) < 4.78 is 7.05. The van der Waals surface area contributed by atoms with E-state index in [1.54, 1.807) is 30.3 Å². The minimum absolute atomic E-state index is 0.208. The summed E-state index contributed by atoms with van der Waals surface area (Å²) in [5, 5.41) is 21.5. The number of carboxylic acids is 1. The van der Waals surface area contributed by atoms with Crippen LogP contribution in [0.3, 0.4) is 0 Å². The molecular formula is C20H15BrN4O3S. The number of carbonyl (C=O) groups is 1. The number of carboxylic acid groups (broad SMARTS) is 1. The Morgan fingerprint density at radius 1 is 1.28 bits per heavy atom. The minimum atomic E-state index is -0.979. The number of hydrogen-bond acceptors (Lipinski definition) is 7. The van der Waals surface area contributed by atoms with E-state index >= 15 is 0 Å². The van der Waals surface area contributed by atoms with Gasteiger partial charge in [-0.15, -0.1) is 16.8 Å². The second kappa shape index (κ2) is 8.22. The summed E-state index contributed by atoms with van der Waals surface area (Å²) in [5.74, 6) is 0.0249. The third-order valence-corrected chi connectivity index (χ3v) is 5.51. The lowest BCUT2D eigenvalue weighted by Crippen LogP contribution is -2.17. The first kappa shape index (κ1) is 19.4. The van der Waals surface area contributed by atoms with Gasteiger partial charge in [-0.1, -0.05) is 45.9 Å². The van der Waals surface area contributed by atoms with Crippen LogP contribution in [0.15, 0.2) is 64.7 Å². The minimum Gasteiger partial charge on any atom is -0.478 e. The normalized spacial score (nSPS) is 14.6. The maximum Gasteiger partial charge on any atom is 0.335 e. The van der Waals surface area contributed by atoms with E-state index < -0.39 is 12.2 Å². The highest BCUT2D eigenvalue weighted by atomic mass is 79.9. The van der Waals surface area contributed by atoms with Gasteiger partial charge in [0.15, 0.2) is 11.9 Å². The molecule has 2 heterocycles. The van der Waals surface area contributed by atoms with Crippen LogP contribution >= 0.6 is 27.7 Å². The zero-order valence-corrected chi connectivity index (χ0v) is 17.4. The Labute approximate surface area is 179 Å². The third kappa shape index (κ3) is 4.10. The van der Waals surface area contributed by atoms with E-state index in [9.17, 15) is 4.79 Å². The van der Waals surface area contributed by atoms with Gasteiger partial charge in [-0.2, -0.15) is 4.98 Å². The molecule has 0 amide bonds. The fourth-order valence-electron chi connectivity index (χ4n) is 2.82. The van der Waals surface area contributed by atoms with Crippen LogP contribution in [0, 0.1) is 0 Å². The summed E-state index contributed by atoms with van der Waals surface area (Å²) in [6.07, 6.45) is 1.19. The van der Waals surface area contributed by atoms with Gasteiger partial charge in [0.05, 0.1) is 5.56 Å². The summed E-state index contributed by atoms with van der Waals surface area (Å²) in [7, 11) is 0. The standard InChI is InChI=1S/C20H15BrN4O3S/c1-2-9-29-20-23-18-16(24-25-20)14-10-13(21)7-8-15(14)22-17(28-18)11-3-5-12(6-4-11)19(26)27/h2-8,10,17,22H,1,9H2,(H,26,27)/t17-/m1/s1. The Kier molecular flexibility index (Phi) is 5.50. The molecule has 0 bridgehead atoms. The second-order valence-electron chi connectivity index (χ2n) is 6.11. The third-order valence-electron chi connectivity index (χ3n) is 4.18. The second-order valence-corrected chi connectivity index (χ2v) is 8.01. The van der Waals surface area contributed by atoms with Crippen LogP contribution in [0.25, 0.3) is 11.3 Å². The Hall–Kier alpha value is -2.91. The SMILES string of the molecule is C=CCSc1nnc2c(n1)O[C@H](c1ccc(C(=O)O)cc1)Nc1ccc(Br)cc1-2. The van der Waals surface area contributed by atoms with E-state index in [2.05, 4.69) is 43.0 Å². The first-order valence-corrected chi connectivity index (χ1v) is 10.4. The molecule has 1 aliphatic rings. The van der Waals surface area contributed by atoms with Gasteiger partial charge in [-0.3, -0.25) is 0 Å². The van der Waals surface area contributed by atoms with Crippen LogP contribution < -0.4 is 10.1 Å². The van der Waals surface area contributed by atoms with Crippen LogP contribution in [-0.2, 0) is 0 Å². The molecule has 4 rings (SSSR count). The predicted octanol–water partition coefficient (Wildman–Crippen LogP) is 4.78. The largest absolute Gasteiger partial charge is 0.478 e.